The van der Waals surface area contributed by atoms with Crippen molar-refractivity contribution in [3.05, 3.63) is 70.3 Å². The molecule has 1 fully saturated rings. The number of carbonyl (C=O) groups is 3. The van der Waals surface area contributed by atoms with Gasteiger partial charge in [0.1, 0.15) is 0 Å². The minimum Gasteiger partial charge on any atom is -0.465 e. The number of rotatable bonds is 3. The molecule has 0 atom stereocenters. The number of anilines is 1. The van der Waals surface area contributed by atoms with E-state index in [1.54, 1.807) is 30.3 Å². The predicted octanol–water partition coefficient (Wildman–Crippen LogP) is 3.44. The van der Waals surface area contributed by atoms with Crippen LogP contribution in [0.1, 0.15) is 33.5 Å². The maximum absolute atomic E-state index is 12.8. The standard InChI is InChI=1S/C21H19NO4/c1-13-5-4-6-14(2)19(13)22-18(23)12-17(20(22)24)11-15-7-9-16(10-8-15)21(25)26-3/h4-11H,12H2,1-3H3. The lowest BCUT2D eigenvalue weighted by atomic mass is 10.1. The number of hydrogen-bond acceptors (Lipinski definition) is 4. The fraction of sp³-hybridized carbons (Fsp3) is 0.190. The van der Waals surface area contributed by atoms with Crippen LogP contribution in [0.2, 0.25) is 0 Å². The Hall–Kier alpha value is -3.21. The highest BCUT2D eigenvalue weighted by Gasteiger charge is 2.36. The Morgan fingerprint density at radius 1 is 1.04 bits per heavy atom. The van der Waals surface area contributed by atoms with E-state index in [1.807, 2.05) is 32.0 Å². The van der Waals surface area contributed by atoms with Crippen LogP contribution in [0.25, 0.3) is 6.08 Å². The Kier molecular flexibility index (Phi) is 4.71. The van der Waals surface area contributed by atoms with Gasteiger partial charge in [-0.3, -0.25) is 9.59 Å². The van der Waals surface area contributed by atoms with Gasteiger partial charge in [0.05, 0.1) is 24.8 Å². The van der Waals surface area contributed by atoms with E-state index in [4.69, 9.17) is 0 Å². The summed E-state index contributed by atoms with van der Waals surface area (Å²) in [4.78, 5) is 38.0. The summed E-state index contributed by atoms with van der Waals surface area (Å²) >= 11 is 0. The van der Waals surface area contributed by atoms with Crippen LogP contribution in [0.15, 0.2) is 48.0 Å². The number of methoxy groups -OCH3 is 1. The van der Waals surface area contributed by atoms with Crippen molar-refractivity contribution >= 4 is 29.5 Å². The summed E-state index contributed by atoms with van der Waals surface area (Å²) in [7, 11) is 1.32. The molecule has 0 bridgehead atoms. The fourth-order valence-electron chi connectivity index (χ4n) is 3.11. The van der Waals surface area contributed by atoms with E-state index in [1.165, 1.54) is 12.0 Å². The Morgan fingerprint density at radius 2 is 1.65 bits per heavy atom. The molecular formula is C21H19NO4. The van der Waals surface area contributed by atoms with E-state index in [0.717, 1.165) is 16.7 Å². The van der Waals surface area contributed by atoms with Crippen LogP contribution in [0, 0.1) is 13.8 Å². The first-order valence-electron chi connectivity index (χ1n) is 8.25. The predicted molar refractivity (Wildman–Crippen MR) is 98.8 cm³/mol. The van der Waals surface area contributed by atoms with Gasteiger partial charge in [0.15, 0.2) is 0 Å². The Morgan fingerprint density at radius 3 is 2.23 bits per heavy atom. The molecule has 1 aliphatic heterocycles. The van der Waals surface area contributed by atoms with Crippen LogP contribution in [0.3, 0.4) is 0 Å². The normalized spacial score (nSPS) is 15.7. The maximum atomic E-state index is 12.8. The van der Waals surface area contributed by atoms with Gasteiger partial charge in [-0.15, -0.1) is 0 Å². The van der Waals surface area contributed by atoms with E-state index in [0.29, 0.717) is 16.8 Å². The second-order valence-electron chi connectivity index (χ2n) is 6.23. The zero-order chi connectivity index (χ0) is 18.8. The molecule has 3 rings (SSSR count). The van der Waals surface area contributed by atoms with Crippen LogP contribution >= 0.6 is 0 Å². The summed E-state index contributed by atoms with van der Waals surface area (Å²) in [6, 6.07) is 12.4. The summed E-state index contributed by atoms with van der Waals surface area (Å²) < 4.78 is 4.67. The number of carbonyl (C=O) groups excluding carboxylic acids is 3. The smallest absolute Gasteiger partial charge is 0.337 e. The maximum Gasteiger partial charge on any atom is 0.337 e. The summed E-state index contributed by atoms with van der Waals surface area (Å²) in [5.41, 5.74) is 4.04. The van der Waals surface area contributed by atoms with Gasteiger partial charge in [0.2, 0.25) is 5.91 Å². The third kappa shape index (κ3) is 3.16. The minimum absolute atomic E-state index is 0.0609. The van der Waals surface area contributed by atoms with Gasteiger partial charge in [-0.05, 0) is 48.7 Å². The number of nitrogens with zero attached hydrogens (tertiary/aromatic N) is 1. The Balaban J connectivity index is 1.91. The molecule has 5 nitrogen and oxygen atoms in total. The lowest BCUT2D eigenvalue weighted by molar-refractivity contribution is -0.120. The topological polar surface area (TPSA) is 63.7 Å². The minimum atomic E-state index is -0.419. The third-order valence-corrected chi connectivity index (χ3v) is 4.40. The quantitative estimate of drug-likeness (QED) is 0.484. The molecular weight excluding hydrogens is 330 g/mol. The summed E-state index contributed by atoms with van der Waals surface area (Å²) in [6.07, 6.45) is 1.75. The zero-order valence-corrected chi connectivity index (χ0v) is 14.9. The molecule has 0 aliphatic carbocycles. The van der Waals surface area contributed by atoms with Crippen LogP contribution in [-0.4, -0.2) is 24.9 Å². The van der Waals surface area contributed by atoms with Gasteiger partial charge < -0.3 is 4.74 Å². The Labute approximate surface area is 151 Å². The lowest BCUT2D eigenvalue weighted by Crippen LogP contribution is -2.30. The first-order chi connectivity index (χ1) is 12.4. The number of para-hydroxylation sites is 1. The first kappa shape index (κ1) is 17.6. The van der Waals surface area contributed by atoms with E-state index < -0.39 is 5.97 Å². The largest absolute Gasteiger partial charge is 0.465 e. The van der Waals surface area contributed by atoms with Gasteiger partial charge in [-0.1, -0.05) is 30.3 Å². The summed E-state index contributed by atoms with van der Waals surface area (Å²) in [6.45, 7) is 3.77. The molecule has 0 unspecified atom stereocenters. The van der Waals surface area contributed by atoms with E-state index >= 15 is 0 Å². The summed E-state index contributed by atoms with van der Waals surface area (Å²) in [5, 5.41) is 0. The molecule has 1 saturated heterocycles. The van der Waals surface area contributed by atoms with Gasteiger partial charge in [0.25, 0.3) is 5.91 Å². The average molecular weight is 349 g/mol. The van der Waals surface area contributed by atoms with E-state index in [9.17, 15) is 14.4 Å². The molecule has 1 heterocycles. The first-order valence-corrected chi connectivity index (χ1v) is 8.25. The van der Waals surface area contributed by atoms with Gasteiger partial charge in [-0.2, -0.15) is 0 Å². The van der Waals surface area contributed by atoms with Crippen molar-refractivity contribution in [1.29, 1.82) is 0 Å². The molecule has 1 aliphatic rings. The fourth-order valence-corrected chi connectivity index (χ4v) is 3.11. The number of aryl methyl sites for hydroxylation is 2. The van der Waals surface area contributed by atoms with Crippen molar-refractivity contribution in [3.63, 3.8) is 0 Å². The van der Waals surface area contributed by atoms with Crippen molar-refractivity contribution in [1.82, 2.24) is 0 Å². The molecule has 2 amide bonds. The van der Waals surface area contributed by atoms with Crippen molar-refractivity contribution in [2.75, 3.05) is 12.0 Å². The molecule has 0 spiro atoms. The Bertz CT molecular complexity index is 905. The summed E-state index contributed by atoms with van der Waals surface area (Å²) in [5.74, 6) is -0.952. The number of amides is 2. The second kappa shape index (κ2) is 6.96. The van der Waals surface area contributed by atoms with Crippen molar-refractivity contribution in [2.24, 2.45) is 0 Å². The van der Waals surface area contributed by atoms with E-state index in [-0.39, 0.29) is 18.2 Å². The average Bonchev–Trinajstić information content (AvgIpc) is 2.89. The highest BCUT2D eigenvalue weighted by molar-refractivity contribution is 6.30. The van der Waals surface area contributed by atoms with Gasteiger partial charge in [0, 0.05) is 5.57 Å². The van der Waals surface area contributed by atoms with Crippen LogP contribution in [-0.2, 0) is 14.3 Å². The number of hydrogen-bond donors (Lipinski definition) is 0. The lowest BCUT2D eigenvalue weighted by Gasteiger charge is -2.18. The molecule has 0 saturated carbocycles. The van der Waals surface area contributed by atoms with Crippen LogP contribution < -0.4 is 4.90 Å². The number of ether oxygens (including phenoxy) is 1. The number of esters is 1. The molecule has 2 aromatic carbocycles. The van der Waals surface area contributed by atoms with Crippen molar-refractivity contribution in [2.45, 2.75) is 20.3 Å². The van der Waals surface area contributed by atoms with Crippen LogP contribution in [0.5, 0.6) is 0 Å². The van der Waals surface area contributed by atoms with Gasteiger partial charge >= 0.3 is 5.97 Å². The van der Waals surface area contributed by atoms with Crippen LogP contribution in [0.4, 0.5) is 5.69 Å². The molecule has 26 heavy (non-hydrogen) atoms. The highest BCUT2D eigenvalue weighted by Crippen LogP contribution is 2.32. The second-order valence-corrected chi connectivity index (χ2v) is 6.23. The number of imide groups is 1. The molecule has 2 aromatic rings. The van der Waals surface area contributed by atoms with E-state index in [2.05, 4.69) is 4.74 Å². The van der Waals surface area contributed by atoms with Crippen molar-refractivity contribution in [3.8, 4) is 0 Å². The molecule has 0 aromatic heterocycles. The molecule has 0 N–H and O–H groups in total. The monoisotopic (exact) mass is 349 g/mol. The molecule has 0 radical (unpaired) electrons. The zero-order valence-electron chi connectivity index (χ0n) is 14.9. The molecule has 5 heteroatoms. The van der Waals surface area contributed by atoms with Gasteiger partial charge in [-0.25, -0.2) is 9.69 Å². The highest BCUT2D eigenvalue weighted by atomic mass is 16.5. The molecule has 132 valence electrons. The number of benzene rings is 2. The SMILES string of the molecule is COC(=O)c1ccc(C=C2CC(=O)N(c3c(C)cccc3C)C2=O)cc1. The third-order valence-electron chi connectivity index (χ3n) is 4.40. The van der Waals surface area contributed by atoms with Crippen molar-refractivity contribution < 1.29 is 19.1 Å².